The van der Waals surface area contributed by atoms with Crippen molar-refractivity contribution < 1.29 is 9.72 Å². The zero-order valence-electron chi connectivity index (χ0n) is 4.09. The molecule has 1 N–H and O–H groups in total. The van der Waals surface area contributed by atoms with Gasteiger partial charge in [0.1, 0.15) is 0 Å². The fourth-order valence-corrected chi connectivity index (χ4v) is 0.198. The molecule has 0 aliphatic rings. The second-order valence-corrected chi connectivity index (χ2v) is 1.09. The molecule has 0 bridgehead atoms. The summed E-state index contributed by atoms with van der Waals surface area (Å²) in [5.41, 5.74) is 0. The highest BCUT2D eigenvalue weighted by molar-refractivity contribution is 5.46. The van der Waals surface area contributed by atoms with Gasteiger partial charge in [-0.1, -0.05) is 0 Å². The molecule has 0 spiro atoms. The Bertz CT molecular complexity index is 92.5. The number of nitrogens with one attached hydrogen (secondary N) is 1. The number of hydrogen-bond acceptors (Lipinski definition) is 3. The van der Waals surface area contributed by atoms with Crippen molar-refractivity contribution in [1.82, 2.24) is 5.32 Å². The van der Waals surface area contributed by atoms with Crippen LogP contribution >= 0.6 is 0 Å². The highest BCUT2D eigenvalue weighted by Gasteiger charge is 1.91. The van der Waals surface area contributed by atoms with Gasteiger partial charge in [-0.3, -0.25) is 14.9 Å². The second-order valence-electron chi connectivity index (χ2n) is 1.09. The third-order valence-electron chi connectivity index (χ3n) is 0.492. The van der Waals surface area contributed by atoms with Crippen molar-refractivity contribution in [3.05, 3.63) is 10.1 Å². The van der Waals surface area contributed by atoms with Crippen molar-refractivity contribution in [3.63, 3.8) is 0 Å². The zero-order valence-corrected chi connectivity index (χ0v) is 4.09. The van der Waals surface area contributed by atoms with Gasteiger partial charge in [-0.2, -0.15) is 0 Å². The maximum Gasteiger partial charge on any atom is 0.309 e. The SMILES string of the molecule is O=[C]NCC[N+](=O)[O-]. The Labute approximate surface area is 45.8 Å². The minimum Gasteiger partial charge on any atom is -0.341 e. The molecule has 0 unspecified atom stereocenters. The number of nitrogens with zero attached hydrogens (tertiary/aromatic N) is 1. The third kappa shape index (κ3) is 4.87. The Kier molecular flexibility index (Phi) is 3.47. The van der Waals surface area contributed by atoms with Gasteiger partial charge < -0.3 is 5.32 Å². The van der Waals surface area contributed by atoms with Gasteiger partial charge in [0, 0.05) is 4.92 Å². The van der Waals surface area contributed by atoms with E-state index in [2.05, 4.69) is 0 Å². The van der Waals surface area contributed by atoms with E-state index in [4.69, 9.17) is 0 Å². The topological polar surface area (TPSA) is 72.2 Å². The Morgan fingerprint density at radius 1 is 1.75 bits per heavy atom. The lowest BCUT2D eigenvalue weighted by atomic mass is 10.7. The Morgan fingerprint density at radius 2 is 2.38 bits per heavy atom. The average Bonchev–Trinajstić information content (AvgIpc) is 1.66. The number of nitro groups is 1. The molecule has 0 aromatic heterocycles. The van der Waals surface area contributed by atoms with Crippen LogP contribution in [-0.2, 0) is 4.79 Å². The molecule has 45 valence electrons. The molecule has 1 radical (unpaired) electrons. The van der Waals surface area contributed by atoms with E-state index in [1.165, 1.54) is 6.41 Å². The van der Waals surface area contributed by atoms with Gasteiger partial charge in [0.25, 0.3) is 0 Å². The summed E-state index contributed by atoms with van der Waals surface area (Å²) in [5.74, 6) is 0. The molecule has 8 heavy (non-hydrogen) atoms. The molecule has 1 amide bonds. The van der Waals surface area contributed by atoms with Gasteiger partial charge in [-0.05, 0) is 0 Å². The third-order valence-corrected chi connectivity index (χ3v) is 0.492. The Hall–Kier alpha value is -1.13. The molecule has 0 atom stereocenters. The van der Waals surface area contributed by atoms with Crippen molar-refractivity contribution in [2.45, 2.75) is 0 Å². The van der Waals surface area contributed by atoms with Crippen molar-refractivity contribution in [1.29, 1.82) is 0 Å². The van der Waals surface area contributed by atoms with Crippen LogP contribution in [0.4, 0.5) is 0 Å². The number of hydrogen-bond donors (Lipinski definition) is 1. The lowest BCUT2D eigenvalue weighted by Gasteiger charge is -1.87. The maximum atomic E-state index is 9.51. The summed E-state index contributed by atoms with van der Waals surface area (Å²) in [7, 11) is 0. The van der Waals surface area contributed by atoms with Crippen LogP contribution in [-0.4, -0.2) is 24.4 Å². The summed E-state index contributed by atoms with van der Waals surface area (Å²) in [5, 5.41) is 11.5. The fraction of sp³-hybridized carbons (Fsp3) is 0.667. The van der Waals surface area contributed by atoms with E-state index in [0.29, 0.717) is 0 Å². The van der Waals surface area contributed by atoms with E-state index in [1.807, 2.05) is 5.32 Å². The lowest BCUT2D eigenvalue weighted by Crippen LogP contribution is -2.20. The van der Waals surface area contributed by atoms with Gasteiger partial charge in [0.2, 0.25) is 6.54 Å². The predicted octanol–water partition coefficient (Wildman–Crippen LogP) is -1.08. The van der Waals surface area contributed by atoms with Crippen LogP contribution in [0.15, 0.2) is 0 Å². The molecule has 0 saturated heterocycles. The van der Waals surface area contributed by atoms with Crippen LogP contribution in [0.2, 0.25) is 0 Å². The standard InChI is InChI=1S/C3H5N2O3/c6-3-4-1-2-5(7)8/h1-2H2,(H,4,6). The van der Waals surface area contributed by atoms with E-state index in [1.54, 1.807) is 0 Å². The van der Waals surface area contributed by atoms with Crippen molar-refractivity contribution in [3.8, 4) is 0 Å². The van der Waals surface area contributed by atoms with Crippen molar-refractivity contribution in [2.24, 2.45) is 0 Å². The molecule has 0 aromatic rings. The first-order valence-corrected chi connectivity index (χ1v) is 1.99. The largest absolute Gasteiger partial charge is 0.341 e. The van der Waals surface area contributed by atoms with Gasteiger partial charge in [-0.15, -0.1) is 0 Å². The molecule has 0 saturated carbocycles. The predicted molar refractivity (Wildman–Crippen MR) is 25.6 cm³/mol. The molecule has 0 aliphatic carbocycles. The monoisotopic (exact) mass is 117 g/mol. The van der Waals surface area contributed by atoms with E-state index in [0.717, 1.165) is 0 Å². The van der Waals surface area contributed by atoms with Crippen LogP contribution in [0, 0.1) is 10.1 Å². The summed E-state index contributed by atoms with van der Waals surface area (Å²) in [6.07, 6.45) is 1.32. The first-order valence-electron chi connectivity index (χ1n) is 1.99. The quantitative estimate of drug-likeness (QED) is 0.220. The van der Waals surface area contributed by atoms with Gasteiger partial charge >= 0.3 is 6.41 Å². The molecule has 5 heteroatoms. The first-order chi connectivity index (χ1) is 3.77. The molecule has 0 fully saturated rings. The average molecular weight is 117 g/mol. The number of rotatable bonds is 4. The van der Waals surface area contributed by atoms with E-state index < -0.39 is 4.92 Å². The van der Waals surface area contributed by atoms with Crippen LogP contribution < -0.4 is 5.32 Å². The normalized spacial score (nSPS) is 8.00. The Morgan fingerprint density at radius 3 is 2.75 bits per heavy atom. The van der Waals surface area contributed by atoms with Crippen molar-refractivity contribution in [2.75, 3.05) is 13.1 Å². The van der Waals surface area contributed by atoms with Gasteiger partial charge in [-0.25, -0.2) is 0 Å². The highest BCUT2D eigenvalue weighted by Crippen LogP contribution is 1.62. The first kappa shape index (κ1) is 6.87. The van der Waals surface area contributed by atoms with Crippen molar-refractivity contribution >= 4 is 6.41 Å². The minimum atomic E-state index is -0.510. The molecule has 0 aliphatic heterocycles. The van der Waals surface area contributed by atoms with Crippen LogP contribution in [0.3, 0.4) is 0 Å². The molecule has 0 rings (SSSR count). The minimum absolute atomic E-state index is 0.0521. The van der Waals surface area contributed by atoms with E-state index >= 15 is 0 Å². The lowest BCUT2D eigenvalue weighted by molar-refractivity contribution is -0.477. The number of amides is 1. The highest BCUT2D eigenvalue weighted by atomic mass is 16.6. The maximum absolute atomic E-state index is 9.51. The smallest absolute Gasteiger partial charge is 0.309 e. The number of carbonyl (C=O) groups excluding carboxylic acids is 1. The fourth-order valence-electron chi connectivity index (χ4n) is 0.198. The molecule has 5 nitrogen and oxygen atoms in total. The molecular weight excluding hydrogens is 112 g/mol. The second kappa shape index (κ2) is 4.04. The van der Waals surface area contributed by atoms with Gasteiger partial charge in [0.05, 0.1) is 6.54 Å². The summed E-state index contributed by atoms with van der Waals surface area (Å²) in [6.45, 7) is -0.189. The van der Waals surface area contributed by atoms with Gasteiger partial charge in [0.15, 0.2) is 0 Å². The molecule has 0 heterocycles. The summed E-state index contributed by atoms with van der Waals surface area (Å²) in [6, 6.07) is 0. The molecular formula is C3H5N2O3. The Balaban J connectivity index is 2.93. The van der Waals surface area contributed by atoms with Crippen LogP contribution in [0.1, 0.15) is 0 Å². The van der Waals surface area contributed by atoms with Crippen LogP contribution in [0.25, 0.3) is 0 Å². The summed E-state index contributed by atoms with van der Waals surface area (Å²) >= 11 is 0. The van der Waals surface area contributed by atoms with Crippen LogP contribution in [0.5, 0.6) is 0 Å². The van der Waals surface area contributed by atoms with E-state index in [9.17, 15) is 14.9 Å². The zero-order chi connectivity index (χ0) is 6.41. The molecule has 0 aromatic carbocycles. The summed E-state index contributed by atoms with van der Waals surface area (Å²) in [4.78, 5) is 18.3. The summed E-state index contributed by atoms with van der Waals surface area (Å²) < 4.78 is 0. The van der Waals surface area contributed by atoms with E-state index in [-0.39, 0.29) is 13.1 Å².